The predicted molar refractivity (Wildman–Crippen MR) is 112 cm³/mol. The number of carbonyl (C=O) groups excluding carboxylic acids is 2. The highest BCUT2D eigenvalue weighted by atomic mass is 16.6. The van der Waals surface area contributed by atoms with Gasteiger partial charge < -0.3 is 29.0 Å². The summed E-state index contributed by atoms with van der Waals surface area (Å²) in [6.45, 7) is 0.817. The van der Waals surface area contributed by atoms with E-state index in [4.69, 9.17) is 13.9 Å². The van der Waals surface area contributed by atoms with Crippen molar-refractivity contribution in [1.82, 2.24) is 4.90 Å². The van der Waals surface area contributed by atoms with Crippen molar-refractivity contribution in [1.29, 1.82) is 0 Å². The minimum Gasteiger partial charge on any atom is -0.508 e. The number of ether oxygens (including phenoxy) is 2. The van der Waals surface area contributed by atoms with E-state index < -0.39 is 17.7 Å². The zero-order valence-electron chi connectivity index (χ0n) is 16.9. The molecule has 8 heteroatoms. The first-order valence-corrected chi connectivity index (χ1v) is 10.0. The van der Waals surface area contributed by atoms with E-state index in [2.05, 4.69) is 0 Å². The second kappa shape index (κ2) is 7.81. The molecule has 3 aromatic rings. The molecule has 1 fully saturated rings. The molecule has 0 bridgehead atoms. The first kappa shape index (κ1) is 19.7. The number of phenols is 1. The summed E-state index contributed by atoms with van der Waals surface area (Å²) in [5.41, 5.74) is 0.717. The number of benzene rings is 2. The molecule has 5 rings (SSSR count). The lowest BCUT2D eigenvalue weighted by Crippen LogP contribution is -2.29. The number of hydrogen-bond acceptors (Lipinski definition) is 7. The second-order valence-corrected chi connectivity index (χ2v) is 7.46. The number of aromatic hydroxyl groups is 1. The Hall–Kier alpha value is -4.20. The van der Waals surface area contributed by atoms with Gasteiger partial charge in [-0.25, -0.2) is 0 Å². The zero-order valence-corrected chi connectivity index (χ0v) is 16.9. The van der Waals surface area contributed by atoms with Crippen LogP contribution < -0.4 is 9.47 Å². The number of aliphatic hydroxyl groups excluding tert-OH is 1. The molecule has 3 heterocycles. The van der Waals surface area contributed by atoms with E-state index in [1.54, 1.807) is 42.5 Å². The number of ketones is 1. The van der Waals surface area contributed by atoms with Crippen LogP contribution in [0.1, 0.15) is 22.9 Å². The van der Waals surface area contributed by atoms with Gasteiger partial charge in [-0.05, 0) is 48.0 Å². The smallest absolute Gasteiger partial charge is 0.296 e. The van der Waals surface area contributed by atoms with E-state index in [9.17, 15) is 19.8 Å². The number of phenolic OH excluding ortho intramolecular Hbond substituents is 1. The maximum atomic E-state index is 13.1. The van der Waals surface area contributed by atoms with Crippen molar-refractivity contribution in [3.63, 3.8) is 0 Å². The van der Waals surface area contributed by atoms with Crippen LogP contribution >= 0.6 is 0 Å². The van der Waals surface area contributed by atoms with E-state index in [0.29, 0.717) is 41.6 Å². The van der Waals surface area contributed by atoms with E-state index in [1.807, 2.05) is 0 Å². The minimum atomic E-state index is -0.916. The third-order valence-corrected chi connectivity index (χ3v) is 5.45. The molecule has 2 N–H and O–H groups in total. The standard InChI is InChI=1S/C24H19NO7/c26-16-4-1-3-14(11-16)21-20(23(28)24(29)25(21)13-17-5-2-8-30-17)22(27)15-6-7-18-19(12-15)32-10-9-31-18/h1-8,11-12,21,26-27H,9-10,13H2/b22-20+/t21-/m1/s1. The normalized spacial score (nSPS) is 19.4. The average molecular weight is 433 g/mol. The number of hydrogen-bond donors (Lipinski definition) is 2. The lowest BCUT2D eigenvalue weighted by atomic mass is 9.95. The van der Waals surface area contributed by atoms with Gasteiger partial charge in [0, 0.05) is 5.56 Å². The maximum absolute atomic E-state index is 13.1. The number of rotatable bonds is 4. The van der Waals surface area contributed by atoms with Crippen molar-refractivity contribution in [3.05, 3.63) is 83.3 Å². The summed E-state index contributed by atoms with van der Waals surface area (Å²) in [6, 6.07) is 13.5. The molecule has 0 aliphatic carbocycles. The van der Waals surface area contributed by atoms with Crippen LogP contribution in [0.2, 0.25) is 0 Å². The molecular formula is C24H19NO7. The number of nitrogens with zero attached hydrogens (tertiary/aromatic N) is 1. The molecule has 32 heavy (non-hydrogen) atoms. The first-order chi connectivity index (χ1) is 15.5. The molecule has 1 saturated heterocycles. The Morgan fingerprint density at radius 3 is 2.56 bits per heavy atom. The number of Topliss-reactive ketones (excluding diaryl/α,β-unsaturated/α-hetero) is 1. The number of amides is 1. The molecule has 1 atom stereocenters. The van der Waals surface area contributed by atoms with Gasteiger partial charge in [-0.1, -0.05) is 12.1 Å². The van der Waals surface area contributed by atoms with Crippen molar-refractivity contribution in [2.45, 2.75) is 12.6 Å². The monoisotopic (exact) mass is 433 g/mol. The van der Waals surface area contributed by atoms with Crippen LogP contribution in [0.15, 0.2) is 70.9 Å². The van der Waals surface area contributed by atoms with Gasteiger partial charge in [0.25, 0.3) is 11.7 Å². The number of aliphatic hydroxyl groups is 1. The van der Waals surface area contributed by atoms with E-state index >= 15 is 0 Å². The molecule has 2 aliphatic heterocycles. The molecule has 0 saturated carbocycles. The Labute approximate surface area is 182 Å². The number of likely N-dealkylation sites (tertiary alicyclic amines) is 1. The quantitative estimate of drug-likeness (QED) is 0.369. The van der Waals surface area contributed by atoms with Gasteiger partial charge in [0.1, 0.15) is 30.5 Å². The van der Waals surface area contributed by atoms with Gasteiger partial charge in [0.15, 0.2) is 11.5 Å². The Morgan fingerprint density at radius 1 is 1.00 bits per heavy atom. The molecule has 2 aromatic carbocycles. The van der Waals surface area contributed by atoms with Crippen LogP contribution in [0.3, 0.4) is 0 Å². The van der Waals surface area contributed by atoms with E-state index in [0.717, 1.165) is 0 Å². The fraction of sp³-hybridized carbons (Fsp3) is 0.167. The molecule has 0 spiro atoms. The molecule has 2 aliphatic rings. The van der Waals surface area contributed by atoms with Crippen molar-refractivity contribution in [3.8, 4) is 17.2 Å². The summed E-state index contributed by atoms with van der Waals surface area (Å²) in [7, 11) is 0. The third-order valence-electron chi connectivity index (χ3n) is 5.45. The Bertz CT molecular complexity index is 1230. The Balaban J connectivity index is 1.64. The highest BCUT2D eigenvalue weighted by Crippen LogP contribution is 2.42. The zero-order chi connectivity index (χ0) is 22.2. The first-order valence-electron chi connectivity index (χ1n) is 10.0. The van der Waals surface area contributed by atoms with Crippen LogP contribution in [-0.4, -0.2) is 40.0 Å². The Morgan fingerprint density at radius 2 is 1.81 bits per heavy atom. The second-order valence-electron chi connectivity index (χ2n) is 7.46. The fourth-order valence-corrected chi connectivity index (χ4v) is 4.00. The summed E-state index contributed by atoms with van der Waals surface area (Å²) in [5, 5.41) is 21.2. The van der Waals surface area contributed by atoms with Gasteiger partial charge in [0.2, 0.25) is 0 Å². The summed E-state index contributed by atoms with van der Waals surface area (Å²) in [6.07, 6.45) is 1.48. The summed E-state index contributed by atoms with van der Waals surface area (Å²) in [5.74, 6) is -0.488. The molecule has 162 valence electrons. The van der Waals surface area contributed by atoms with Gasteiger partial charge in [0.05, 0.1) is 24.4 Å². The number of carbonyl (C=O) groups is 2. The van der Waals surface area contributed by atoms with Crippen molar-refractivity contribution >= 4 is 17.4 Å². The van der Waals surface area contributed by atoms with Gasteiger partial charge in [-0.3, -0.25) is 9.59 Å². The van der Waals surface area contributed by atoms with Gasteiger partial charge >= 0.3 is 0 Å². The van der Waals surface area contributed by atoms with Crippen LogP contribution in [0.25, 0.3) is 5.76 Å². The summed E-state index contributed by atoms with van der Waals surface area (Å²) < 4.78 is 16.5. The van der Waals surface area contributed by atoms with Crippen molar-refractivity contribution in [2.75, 3.05) is 13.2 Å². The predicted octanol–water partition coefficient (Wildman–Crippen LogP) is 3.38. The third kappa shape index (κ3) is 3.35. The van der Waals surface area contributed by atoms with Crippen molar-refractivity contribution in [2.24, 2.45) is 0 Å². The van der Waals surface area contributed by atoms with Crippen LogP contribution in [0.4, 0.5) is 0 Å². The van der Waals surface area contributed by atoms with Gasteiger partial charge in [-0.15, -0.1) is 0 Å². The van der Waals surface area contributed by atoms with Crippen LogP contribution in [0.5, 0.6) is 17.2 Å². The molecule has 0 unspecified atom stereocenters. The molecule has 8 nitrogen and oxygen atoms in total. The van der Waals surface area contributed by atoms with E-state index in [1.165, 1.54) is 23.3 Å². The van der Waals surface area contributed by atoms with Gasteiger partial charge in [-0.2, -0.15) is 0 Å². The minimum absolute atomic E-state index is 0.0228. The molecular weight excluding hydrogens is 414 g/mol. The lowest BCUT2D eigenvalue weighted by molar-refractivity contribution is -0.140. The summed E-state index contributed by atoms with van der Waals surface area (Å²) >= 11 is 0. The van der Waals surface area contributed by atoms with Crippen LogP contribution in [0, 0.1) is 0 Å². The topological polar surface area (TPSA) is 109 Å². The largest absolute Gasteiger partial charge is 0.508 e. The number of fused-ring (bicyclic) bond motifs is 1. The molecule has 0 radical (unpaired) electrons. The highest BCUT2D eigenvalue weighted by molar-refractivity contribution is 6.46. The van der Waals surface area contributed by atoms with Crippen LogP contribution in [-0.2, 0) is 16.1 Å². The Kier molecular flexibility index (Phi) is 4.82. The average Bonchev–Trinajstić information content (AvgIpc) is 3.41. The summed E-state index contributed by atoms with van der Waals surface area (Å²) in [4.78, 5) is 27.3. The highest BCUT2D eigenvalue weighted by Gasteiger charge is 2.46. The molecule has 1 amide bonds. The SMILES string of the molecule is O=C1C(=O)N(Cc2ccco2)[C@H](c2cccc(O)c2)/C1=C(\O)c1ccc2c(c1)OCCO2. The fourth-order valence-electron chi connectivity index (χ4n) is 4.00. The molecule has 1 aromatic heterocycles. The maximum Gasteiger partial charge on any atom is 0.296 e. The number of furan rings is 1. The van der Waals surface area contributed by atoms with E-state index in [-0.39, 0.29) is 23.6 Å². The van der Waals surface area contributed by atoms with Crippen molar-refractivity contribution < 1.29 is 33.7 Å². The lowest BCUT2D eigenvalue weighted by Gasteiger charge is -2.24.